The number of hydrogen-bond donors (Lipinski definition) is 2. The van der Waals surface area contributed by atoms with Gasteiger partial charge in [0.05, 0.1) is 12.8 Å². The first-order valence-corrected chi connectivity index (χ1v) is 8.21. The molecule has 5 nitrogen and oxygen atoms in total. The molecule has 2 aromatic rings. The lowest BCUT2D eigenvalue weighted by Crippen LogP contribution is -2.34. The van der Waals surface area contributed by atoms with Gasteiger partial charge in [-0.15, -0.1) is 11.8 Å². The molecule has 0 aliphatic rings. The number of amides is 2. The van der Waals surface area contributed by atoms with Crippen LogP contribution in [-0.2, 0) is 4.79 Å². The zero-order valence-electron chi connectivity index (χ0n) is 12.7. The molecule has 0 saturated heterocycles. The number of hydrogen-bond acceptors (Lipinski definition) is 4. The van der Waals surface area contributed by atoms with Crippen LogP contribution in [0.3, 0.4) is 0 Å². The van der Waals surface area contributed by atoms with E-state index in [2.05, 4.69) is 15.8 Å². The third-order valence-electron chi connectivity index (χ3n) is 2.96. The number of carbonyl (C=O) groups is 2. The van der Waals surface area contributed by atoms with Gasteiger partial charge >= 0.3 is 0 Å². The van der Waals surface area contributed by atoms with Gasteiger partial charge in [0.25, 0.3) is 11.8 Å². The Morgan fingerprint density at radius 2 is 1.78 bits per heavy atom. The van der Waals surface area contributed by atoms with Crippen LogP contribution in [0.2, 0.25) is 0 Å². The van der Waals surface area contributed by atoms with Crippen LogP contribution < -0.4 is 10.7 Å². The summed E-state index contributed by atoms with van der Waals surface area (Å²) in [4.78, 5) is 24.6. The third kappa shape index (κ3) is 5.60. The Labute approximate surface area is 139 Å². The molecule has 0 spiro atoms. The molecule has 118 valence electrons. The minimum atomic E-state index is -0.383. The number of nitrogens with zero attached hydrogens (tertiary/aromatic N) is 1. The second-order valence-corrected chi connectivity index (χ2v) is 5.49. The van der Waals surface area contributed by atoms with E-state index in [0.717, 1.165) is 10.5 Å². The summed E-state index contributed by atoms with van der Waals surface area (Å²) in [6.45, 7) is -0.128. The smallest absolute Gasteiger partial charge is 0.259 e. The summed E-state index contributed by atoms with van der Waals surface area (Å²) >= 11 is 1.66. The highest BCUT2D eigenvalue weighted by molar-refractivity contribution is 7.98. The van der Waals surface area contributed by atoms with Crippen molar-refractivity contribution in [3.8, 4) is 0 Å². The Morgan fingerprint density at radius 1 is 1.09 bits per heavy atom. The molecule has 0 unspecified atom stereocenters. The zero-order chi connectivity index (χ0) is 16.5. The molecule has 2 amide bonds. The standard InChI is InChI=1S/C17H17N3O2S/c1-23-15-9-7-13(8-10-15)11-19-20-16(21)12-18-17(22)14-5-3-2-4-6-14/h2-11H,12H2,1H3,(H,18,22)(H,20,21)/b19-11+. The van der Waals surface area contributed by atoms with Crippen molar-refractivity contribution in [3.63, 3.8) is 0 Å². The van der Waals surface area contributed by atoms with Crippen LogP contribution in [0.5, 0.6) is 0 Å². The van der Waals surface area contributed by atoms with Crippen LogP contribution in [0.4, 0.5) is 0 Å². The fourth-order valence-electron chi connectivity index (χ4n) is 1.76. The molecule has 23 heavy (non-hydrogen) atoms. The number of benzene rings is 2. The maximum Gasteiger partial charge on any atom is 0.259 e. The third-order valence-corrected chi connectivity index (χ3v) is 3.71. The van der Waals surface area contributed by atoms with Gasteiger partial charge in [-0.2, -0.15) is 5.10 Å². The van der Waals surface area contributed by atoms with Gasteiger partial charge in [-0.25, -0.2) is 5.43 Å². The maximum absolute atomic E-state index is 11.8. The number of nitrogens with one attached hydrogen (secondary N) is 2. The van der Waals surface area contributed by atoms with Gasteiger partial charge in [0.2, 0.25) is 0 Å². The molecule has 0 saturated carbocycles. The van der Waals surface area contributed by atoms with E-state index < -0.39 is 0 Å². The summed E-state index contributed by atoms with van der Waals surface area (Å²) in [5.74, 6) is -0.677. The lowest BCUT2D eigenvalue weighted by Gasteiger charge is -2.04. The minimum Gasteiger partial charge on any atom is -0.343 e. The van der Waals surface area contributed by atoms with Crippen LogP contribution >= 0.6 is 11.8 Å². The second-order valence-electron chi connectivity index (χ2n) is 4.62. The van der Waals surface area contributed by atoms with Gasteiger partial charge in [-0.05, 0) is 36.1 Å². The van der Waals surface area contributed by atoms with Gasteiger partial charge < -0.3 is 5.32 Å². The molecule has 0 heterocycles. The summed E-state index contributed by atoms with van der Waals surface area (Å²) in [5.41, 5.74) is 3.77. The average molecular weight is 327 g/mol. The number of carbonyl (C=O) groups excluding carboxylic acids is 2. The second kappa shape index (κ2) is 8.75. The SMILES string of the molecule is CSc1ccc(/C=N/NC(=O)CNC(=O)c2ccccc2)cc1. The molecule has 0 atom stereocenters. The highest BCUT2D eigenvalue weighted by Gasteiger charge is 2.06. The van der Waals surface area contributed by atoms with Crippen LogP contribution in [-0.4, -0.2) is 30.8 Å². The van der Waals surface area contributed by atoms with E-state index in [4.69, 9.17) is 0 Å². The van der Waals surface area contributed by atoms with Gasteiger partial charge in [-0.3, -0.25) is 9.59 Å². The van der Waals surface area contributed by atoms with Crippen molar-refractivity contribution in [2.75, 3.05) is 12.8 Å². The number of thioether (sulfide) groups is 1. The summed E-state index contributed by atoms with van der Waals surface area (Å²) in [7, 11) is 0. The van der Waals surface area contributed by atoms with Crippen molar-refractivity contribution < 1.29 is 9.59 Å². The molecule has 2 rings (SSSR count). The van der Waals surface area contributed by atoms with Crippen molar-refractivity contribution in [3.05, 3.63) is 65.7 Å². The molecule has 0 aliphatic carbocycles. The first kappa shape index (κ1) is 16.8. The Balaban J connectivity index is 1.76. The predicted octanol–water partition coefficient (Wildman–Crippen LogP) is 2.29. The van der Waals surface area contributed by atoms with Gasteiger partial charge in [0, 0.05) is 10.5 Å². The number of rotatable bonds is 6. The molecular formula is C17H17N3O2S. The predicted molar refractivity (Wildman–Crippen MR) is 92.7 cm³/mol. The molecule has 2 aromatic carbocycles. The highest BCUT2D eigenvalue weighted by atomic mass is 32.2. The molecular weight excluding hydrogens is 310 g/mol. The minimum absolute atomic E-state index is 0.128. The van der Waals surface area contributed by atoms with E-state index in [1.54, 1.807) is 42.2 Å². The Bertz CT molecular complexity index is 685. The van der Waals surface area contributed by atoms with Crippen molar-refractivity contribution in [2.45, 2.75) is 4.90 Å². The first-order valence-electron chi connectivity index (χ1n) is 6.98. The summed E-state index contributed by atoms with van der Waals surface area (Å²) in [6, 6.07) is 16.5. The Kier molecular flexibility index (Phi) is 6.38. The van der Waals surface area contributed by atoms with Crippen molar-refractivity contribution in [1.82, 2.24) is 10.7 Å². The molecule has 0 aliphatic heterocycles. The van der Waals surface area contributed by atoms with Crippen LogP contribution in [0, 0.1) is 0 Å². The van der Waals surface area contributed by atoms with E-state index in [-0.39, 0.29) is 18.4 Å². The van der Waals surface area contributed by atoms with Crippen molar-refractivity contribution >= 4 is 29.8 Å². The van der Waals surface area contributed by atoms with Gasteiger partial charge in [0.1, 0.15) is 0 Å². The number of hydrazone groups is 1. The maximum atomic E-state index is 11.8. The summed E-state index contributed by atoms with van der Waals surface area (Å²) in [6.07, 6.45) is 3.56. The lowest BCUT2D eigenvalue weighted by atomic mass is 10.2. The largest absolute Gasteiger partial charge is 0.343 e. The highest BCUT2D eigenvalue weighted by Crippen LogP contribution is 2.13. The quantitative estimate of drug-likeness (QED) is 0.486. The fraction of sp³-hybridized carbons (Fsp3) is 0.118. The molecule has 0 bridgehead atoms. The van der Waals surface area contributed by atoms with Crippen LogP contribution in [0.25, 0.3) is 0 Å². The molecule has 6 heteroatoms. The monoisotopic (exact) mass is 327 g/mol. The first-order chi connectivity index (χ1) is 11.2. The van der Waals surface area contributed by atoms with E-state index in [1.165, 1.54) is 0 Å². The van der Waals surface area contributed by atoms with E-state index >= 15 is 0 Å². The normalized spacial score (nSPS) is 10.5. The van der Waals surface area contributed by atoms with E-state index in [0.29, 0.717) is 5.56 Å². The zero-order valence-corrected chi connectivity index (χ0v) is 13.5. The van der Waals surface area contributed by atoms with Gasteiger partial charge in [-0.1, -0.05) is 30.3 Å². The molecule has 0 fully saturated rings. The molecule has 0 aromatic heterocycles. The van der Waals surface area contributed by atoms with Crippen LogP contribution in [0.1, 0.15) is 15.9 Å². The van der Waals surface area contributed by atoms with Crippen molar-refractivity contribution in [2.24, 2.45) is 5.10 Å². The molecule has 2 N–H and O–H groups in total. The summed E-state index contributed by atoms with van der Waals surface area (Å²) < 4.78 is 0. The molecule has 0 radical (unpaired) electrons. The topological polar surface area (TPSA) is 70.6 Å². The average Bonchev–Trinajstić information content (AvgIpc) is 2.61. The van der Waals surface area contributed by atoms with Crippen LogP contribution in [0.15, 0.2) is 64.6 Å². The van der Waals surface area contributed by atoms with E-state index in [9.17, 15) is 9.59 Å². The van der Waals surface area contributed by atoms with Crippen molar-refractivity contribution in [1.29, 1.82) is 0 Å². The fourth-order valence-corrected chi connectivity index (χ4v) is 2.17. The summed E-state index contributed by atoms with van der Waals surface area (Å²) in [5, 5.41) is 6.40. The van der Waals surface area contributed by atoms with E-state index in [1.807, 2.05) is 36.6 Å². The Hall–Kier alpha value is -2.60. The van der Waals surface area contributed by atoms with Gasteiger partial charge in [0.15, 0.2) is 0 Å². The lowest BCUT2D eigenvalue weighted by molar-refractivity contribution is -0.120. The Morgan fingerprint density at radius 3 is 2.43 bits per heavy atom.